The quantitative estimate of drug-likeness (QED) is 0.497. The lowest BCUT2D eigenvalue weighted by Gasteiger charge is -1.97. The van der Waals surface area contributed by atoms with Gasteiger partial charge in [0.15, 0.2) is 0 Å². The second-order valence-electron chi connectivity index (χ2n) is 1.36. The van der Waals surface area contributed by atoms with Gasteiger partial charge in [-0.25, -0.2) is 0 Å². The molecule has 1 rings (SSSR count). The molecule has 0 amide bonds. The Labute approximate surface area is 54.6 Å². The summed E-state index contributed by atoms with van der Waals surface area (Å²) in [6.07, 6.45) is -3.93. The fourth-order valence-corrected chi connectivity index (χ4v) is 0.711. The number of rotatable bonds is 0. The number of carbonyl (C=O) groups excluding carboxylic acids is 1. The molecule has 1 fully saturated rings. The maximum Gasteiger partial charge on any atom is 0.401 e. The second-order valence-corrected chi connectivity index (χ2v) is 2.60. The molecule has 1 aliphatic rings. The Morgan fingerprint density at radius 3 is 1.78 bits per heavy atom. The summed E-state index contributed by atoms with van der Waals surface area (Å²) in [5, 5.41) is -1.03. The summed E-state index contributed by atoms with van der Waals surface area (Å²) in [4.78, 5) is 8.00. The van der Waals surface area contributed by atoms with Crippen LogP contribution in [0.2, 0.25) is 0 Å². The smallest absolute Gasteiger partial charge is 0.307 e. The summed E-state index contributed by atoms with van der Waals surface area (Å²) in [5.41, 5.74) is 0. The molecule has 54 valence electrons. The van der Waals surface area contributed by atoms with Crippen LogP contribution in [0.15, 0.2) is 0 Å². The number of thioether (sulfide) groups is 1. The fourth-order valence-electron chi connectivity index (χ4n) is 0.237. The van der Waals surface area contributed by atoms with Gasteiger partial charge < -0.3 is 4.79 Å². The molecule has 0 aromatic carbocycles. The minimum absolute atomic E-state index is 0.267. The Hall–Kier alpha value is -0.190. The van der Waals surface area contributed by atoms with Crippen molar-refractivity contribution in [2.75, 3.05) is 5.75 Å². The molecule has 0 aliphatic carbocycles. The first kappa shape index (κ1) is 8.81. The van der Waals surface area contributed by atoms with E-state index in [1.807, 2.05) is 6.79 Å². The van der Waals surface area contributed by atoms with Gasteiger partial charge in [0, 0.05) is 5.75 Å². The average molecular weight is 158 g/mol. The molecule has 9 heavy (non-hydrogen) atoms. The lowest BCUT2D eigenvalue weighted by molar-refractivity contribution is -0.119. The van der Waals surface area contributed by atoms with Crippen LogP contribution in [0.5, 0.6) is 0 Å². The van der Waals surface area contributed by atoms with Crippen molar-refractivity contribution in [2.24, 2.45) is 0 Å². The van der Waals surface area contributed by atoms with E-state index in [-0.39, 0.29) is 5.75 Å². The Morgan fingerprint density at radius 1 is 1.44 bits per heavy atom. The lowest BCUT2D eigenvalue weighted by Crippen LogP contribution is -2.14. The van der Waals surface area contributed by atoms with Gasteiger partial charge in [0.05, 0.1) is 0 Å². The predicted octanol–water partition coefficient (Wildman–Crippen LogP) is 1.48. The standard InChI is InChI=1S/C3H3F3S.CH2O/c4-3(5,6)2-1-7-2;1-2/h2H,1H2;1H2. The highest BCUT2D eigenvalue weighted by molar-refractivity contribution is 8.07. The van der Waals surface area contributed by atoms with Gasteiger partial charge in [-0.15, -0.1) is 11.8 Å². The monoisotopic (exact) mass is 158 g/mol. The summed E-state index contributed by atoms with van der Waals surface area (Å²) in [6, 6.07) is 0. The van der Waals surface area contributed by atoms with Crippen molar-refractivity contribution in [3.63, 3.8) is 0 Å². The van der Waals surface area contributed by atoms with Crippen LogP contribution >= 0.6 is 11.8 Å². The van der Waals surface area contributed by atoms with E-state index in [4.69, 9.17) is 4.79 Å². The van der Waals surface area contributed by atoms with E-state index in [2.05, 4.69) is 0 Å². The molecule has 0 spiro atoms. The van der Waals surface area contributed by atoms with Gasteiger partial charge in [-0.1, -0.05) is 0 Å². The zero-order valence-corrected chi connectivity index (χ0v) is 5.26. The van der Waals surface area contributed by atoms with E-state index in [0.717, 1.165) is 11.8 Å². The van der Waals surface area contributed by atoms with Crippen molar-refractivity contribution in [1.29, 1.82) is 0 Å². The van der Waals surface area contributed by atoms with Crippen LogP contribution in [0.1, 0.15) is 0 Å². The van der Waals surface area contributed by atoms with E-state index < -0.39 is 11.4 Å². The first-order valence-corrected chi connectivity index (χ1v) is 3.13. The third-order valence-corrected chi connectivity index (χ3v) is 1.63. The highest BCUT2D eigenvalue weighted by Gasteiger charge is 2.48. The highest BCUT2D eigenvalue weighted by Crippen LogP contribution is 2.43. The van der Waals surface area contributed by atoms with Crippen molar-refractivity contribution in [3.05, 3.63) is 0 Å². The van der Waals surface area contributed by atoms with Gasteiger partial charge in [-0.05, 0) is 0 Å². The minimum Gasteiger partial charge on any atom is -0.307 e. The molecule has 0 saturated carbocycles. The minimum atomic E-state index is -3.93. The summed E-state index contributed by atoms with van der Waals surface area (Å²) >= 11 is 0.950. The van der Waals surface area contributed by atoms with E-state index in [1.54, 1.807) is 0 Å². The Kier molecular flexibility index (Phi) is 3.03. The molecule has 1 nitrogen and oxygen atoms in total. The second kappa shape index (κ2) is 3.10. The molecule has 5 heteroatoms. The molecule has 0 aromatic heterocycles. The zero-order valence-electron chi connectivity index (χ0n) is 4.44. The summed E-state index contributed by atoms with van der Waals surface area (Å²) in [5.74, 6) is 0.267. The molecule has 0 aromatic rings. The van der Waals surface area contributed by atoms with Crippen LogP contribution in [0.3, 0.4) is 0 Å². The van der Waals surface area contributed by atoms with Gasteiger partial charge in [-0.3, -0.25) is 0 Å². The van der Waals surface area contributed by atoms with Gasteiger partial charge in [-0.2, -0.15) is 13.2 Å². The van der Waals surface area contributed by atoms with Crippen molar-refractivity contribution in [2.45, 2.75) is 11.4 Å². The molecule has 0 radical (unpaired) electrons. The SMILES string of the molecule is C=O.FC(F)(F)C1CS1. The number of alkyl halides is 3. The average Bonchev–Trinajstić information content (AvgIpc) is 2.47. The van der Waals surface area contributed by atoms with E-state index in [1.165, 1.54) is 0 Å². The van der Waals surface area contributed by atoms with Crippen molar-refractivity contribution < 1.29 is 18.0 Å². The van der Waals surface area contributed by atoms with Crippen molar-refractivity contribution in [1.82, 2.24) is 0 Å². The van der Waals surface area contributed by atoms with E-state index >= 15 is 0 Å². The largest absolute Gasteiger partial charge is 0.401 e. The van der Waals surface area contributed by atoms with Gasteiger partial charge in [0.2, 0.25) is 0 Å². The fraction of sp³-hybridized carbons (Fsp3) is 0.750. The zero-order chi connectivity index (χ0) is 7.49. The molecule has 1 heterocycles. The van der Waals surface area contributed by atoms with Crippen molar-refractivity contribution in [3.8, 4) is 0 Å². The number of hydrogen-bond donors (Lipinski definition) is 0. The third-order valence-electron chi connectivity index (χ3n) is 0.698. The molecule has 0 N–H and O–H groups in total. The number of halogens is 3. The molecule has 1 unspecified atom stereocenters. The van der Waals surface area contributed by atoms with Crippen LogP contribution < -0.4 is 0 Å². The number of hydrogen-bond acceptors (Lipinski definition) is 2. The lowest BCUT2D eigenvalue weighted by atomic mass is 10.5. The summed E-state index contributed by atoms with van der Waals surface area (Å²) in [6.45, 7) is 2.00. The Balaban J connectivity index is 0.000000291. The third kappa shape index (κ3) is 3.40. The summed E-state index contributed by atoms with van der Waals surface area (Å²) in [7, 11) is 0. The first-order valence-electron chi connectivity index (χ1n) is 2.08. The Morgan fingerprint density at radius 2 is 1.78 bits per heavy atom. The first-order chi connectivity index (χ1) is 4.11. The van der Waals surface area contributed by atoms with Crippen LogP contribution in [-0.2, 0) is 4.79 Å². The maximum absolute atomic E-state index is 11.2. The topological polar surface area (TPSA) is 17.1 Å². The molecule has 1 aliphatic heterocycles. The molecular formula is C4H5F3OS. The molecule has 0 bridgehead atoms. The maximum atomic E-state index is 11.2. The van der Waals surface area contributed by atoms with Gasteiger partial charge in [0.1, 0.15) is 12.0 Å². The molecular weight excluding hydrogens is 153 g/mol. The van der Waals surface area contributed by atoms with Crippen LogP contribution in [0, 0.1) is 0 Å². The van der Waals surface area contributed by atoms with Crippen molar-refractivity contribution >= 4 is 18.6 Å². The van der Waals surface area contributed by atoms with Crippen LogP contribution in [-0.4, -0.2) is 24.0 Å². The van der Waals surface area contributed by atoms with Gasteiger partial charge in [0.25, 0.3) is 0 Å². The van der Waals surface area contributed by atoms with E-state index in [9.17, 15) is 13.2 Å². The normalized spacial score (nSPS) is 24.1. The van der Waals surface area contributed by atoms with Crippen LogP contribution in [0.4, 0.5) is 13.2 Å². The Bertz CT molecular complexity index is 88.3. The summed E-state index contributed by atoms with van der Waals surface area (Å²) < 4.78 is 33.7. The molecule has 1 saturated heterocycles. The number of carbonyl (C=O) groups is 1. The predicted molar refractivity (Wildman–Crippen MR) is 29.4 cm³/mol. The highest BCUT2D eigenvalue weighted by atomic mass is 32.2. The van der Waals surface area contributed by atoms with Crippen LogP contribution in [0.25, 0.3) is 0 Å². The molecule has 1 atom stereocenters. The van der Waals surface area contributed by atoms with Gasteiger partial charge >= 0.3 is 6.18 Å². The van der Waals surface area contributed by atoms with E-state index in [0.29, 0.717) is 0 Å².